The van der Waals surface area contributed by atoms with Gasteiger partial charge in [0.2, 0.25) is 0 Å². The molecule has 0 amide bonds. The Bertz CT molecular complexity index is 308. The third kappa shape index (κ3) is 7.68. The highest BCUT2D eigenvalue weighted by molar-refractivity contribution is 7.99. The summed E-state index contributed by atoms with van der Waals surface area (Å²) >= 11 is 1.18. The van der Waals surface area contributed by atoms with Crippen LogP contribution in [0.25, 0.3) is 0 Å². The molecule has 0 aliphatic rings. The zero-order valence-electron chi connectivity index (χ0n) is 13.7. The van der Waals surface area contributed by atoms with Gasteiger partial charge in [0.1, 0.15) is 11.9 Å². The van der Waals surface area contributed by atoms with Crippen LogP contribution in [-0.4, -0.2) is 48.2 Å². The van der Waals surface area contributed by atoms with Gasteiger partial charge in [-0.3, -0.25) is 0 Å². The molecule has 0 N–H and O–H groups in total. The first-order valence-electron chi connectivity index (χ1n) is 6.87. The summed E-state index contributed by atoms with van der Waals surface area (Å²) in [7, 11) is 0. The van der Waals surface area contributed by atoms with E-state index in [2.05, 4.69) is 0 Å². The van der Waals surface area contributed by atoms with E-state index >= 15 is 0 Å². The first kappa shape index (κ1) is 20.2. The molecule has 0 atom stereocenters. The van der Waals surface area contributed by atoms with Crippen molar-refractivity contribution in [2.75, 3.05) is 25.1 Å². The zero-order chi connectivity index (χ0) is 16.5. The minimum absolute atomic E-state index is 0.0949. The molecule has 0 spiro atoms. The molecule has 0 saturated heterocycles. The zero-order valence-corrected chi connectivity index (χ0v) is 14.5. The third-order valence-corrected chi connectivity index (χ3v) is 3.11. The van der Waals surface area contributed by atoms with Crippen LogP contribution >= 0.6 is 11.8 Å². The number of carbonyl (C=O) groups excluding carboxylic acids is 2. The predicted octanol–water partition coefficient (Wildman–Crippen LogP) is 2.35. The Balaban J connectivity index is 3.92. The van der Waals surface area contributed by atoms with Crippen molar-refractivity contribution in [2.24, 2.45) is 0 Å². The molecule has 0 saturated carbocycles. The lowest BCUT2D eigenvalue weighted by molar-refractivity contribution is -0.165. The van der Waals surface area contributed by atoms with E-state index in [0.29, 0.717) is 13.2 Å². The Kier molecular flexibility index (Phi) is 8.92. The highest BCUT2D eigenvalue weighted by Crippen LogP contribution is 2.15. The van der Waals surface area contributed by atoms with Gasteiger partial charge in [-0.05, 0) is 41.5 Å². The van der Waals surface area contributed by atoms with E-state index in [0.717, 1.165) is 0 Å². The van der Waals surface area contributed by atoms with E-state index in [4.69, 9.17) is 18.9 Å². The molecule has 7 heteroatoms. The fourth-order valence-electron chi connectivity index (χ4n) is 1.41. The molecule has 124 valence electrons. The van der Waals surface area contributed by atoms with E-state index < -0.39 is 23.1 Å². The van der Waals surface area contributed by atoms with Crippen molar-refractivity contribution in [3.8, 4) is 0 Å². The van der Waals surface area contributed by atoms with E-state index in [1.165, 1.54) is 11.8 Å². The molecule has 0 bridgehead atoms. The van der Waals surface area contributed by atoms with Crippen molar-refractivity contribution in [1.29, 1.82) is 0 Å². The molecule has 0 aromatic carbocycles. The summed E-state index contributed by atoms with van der Waals surface area (Å²) < 4.78 is 20.6. The van der Waals surface area contributed by atoms with Crippen LogP contribution in [0.3, 0.4) is 0 Å². The predicted molar refractivity (Wildman–Crippen MR) is 80.9 cm³/mol. The third-order valence-electron chi connectivity index (χ3n) is 2.54. The lowest BCUT2D eigenvalue weighted by Gasteiger charge is -2.23. The second kappa shape index (κ2) is 9.27. The molecular weight excluding hydrogens is 296 g/mol. The average molecular weight is 322 g/mol. The number of carbonyl (C=O) groups is 2. The minimum atomic E-state index is -0.969. The van der Waals surface area contributed by atoms with Crippen molar-refractivity contribution in [3.05, 3.63) is 0 Å². The van der Waals surface area contributed by atoms with Crippen molar-refractivity contribution in [3.63, 3.8) is 0 Å². The fraction of sp³-hybridized carbons (Fsp3) is 0.857. The van der Waals surface area contributed by atoms with Crippen LogP contribution < -0.4 is 0 Å². The number of esters is 2. The molecule has 0 aromatic rings. The number of hydrogen-bond acceptors (Lipinski definition) is 7. The summed E-state index contributed by atoms with van der Waals surface area (Å²) in [6.07, 6.45) is 0. The maximum absolute atomic E-state index is 11.7. The Labute approximate surface area is 130 Å². The fourth-order valence-corrected chi connectivity index (χ4v) is 1.86. The second-order valence-corrected chi connectivity index (χ2v) is 6.07. The standard InChI is InChI=1S/C14H26O6S/c1-7-19-13(3,4)11(15)17-9-21-10-18-12(16)14(5,6)20-8-2/h7-10H2,1-6H3. The SMILES string of the molecule is CCOC(C)(C)C(=O)OCSCOC(=O)C(C)(C)OCC. The molecule has 0 aromatic heterocycles. The van der Waals surface area contributed by atoms with Crippen LogP contribution in [0.5, 0.6) is 0 Å². The summed E-state index contributed by atoms with van der Waals surface area (Å²) in [6, 6.07) is 0. The number of rotatable bonds is 10. The summed E-state index contributed by atoms with van der Waals surface area (Å²) in [6.45, 7) is 11.1. The molecule has 0 aliphatic carbocycles. The highest BCUT2D eigenvalue weighted by Gasteiger charge is 2.31. The maximum atomic E-state index is 11.7. The maximum Gasteiger partial charge on any atom is 0.338 e. The summed E-state index contributed by atoms with van der Waals surface area (Å²) in [5.74, 6) is -0.703. The molecule has 0 rings (SSSR count). The first-order chi connectivity index (χ1) is 9.67. The van der Waals surface area contributed by atoms with Crippen LogP contribution in [0.1, 0.15) is 41.5 Å². The van der Waals surface area contributed by atoms with Crippen molar-refractivity contribution < 1.29 is 28.5 Å². The molecule has 0 radical (unpaired) electrons. The number of ether oxygens (including phenoxy) is 4. The number of thioether (sulfide) groups is 1. The van der Waals surface area contributed by atoms with Crippen molar-refractivity contribution >= 4 is 23.7 Å². The summed E-state index contributed by atoms with van der Waals surface area (Å²) in [4.78, 5) is 23.4. The second-order valence-electron chi connectivity index (χ2n) is 5.19. The van der Waals surface area contributed by atoms with E-state index in [1.54, 1.807) is 27.7 Å². The quantitative estimate of drug-likeness (QED) is 0.347. The van der Waals surface area contributed by atoms with Gasteiger partial charge in [-0.15, -0.1) is 0 Å². The van der Waals surface area contributed by atoms with Crippen molar-refractivity contribution in [2.45, 2.75) is 52.7 Å². The van der Waals surface area contributed by atoms with Gasteiger partial charge in [0.05, 0.1) is 0 Å². The van der Waals surface area contributed by atoms with E-state index in [-0.39, 0.29) is 11.9 Å². The van der Waals surface area contributed by atoms with Crippen LogP contribution in [0.4, 0.5) is 0 Å². The molecule has 21 heavy (non-hydrogen) atoms. The van der Waals surface area contributed by atoms with Gasteiger partial charge in [-0.2, -0.15) is 0 Å². The van der Waals surface area contributed by atoms with Crippen molar-refractivity contribution in [1.82, 2.24) is 0 Å². The van der Waals surface area contributed by atoms with Gasteiger partial charge in [-0.25, -0.2) is 9.59 Å². The monoisotopic (exact) mass is 322 g/mol. The smallest absolute Gasteiger partial charge is 0.338 e. The Morgan fingerprint density at radius 2 is 1.14 bits per heavy atom. The minimum Gasteiger partial charge on any atom is -0.452 e. The van der Waals surface area contributed by atoms with Gasteiger partial charge < -0.3 is 18.9 Å². The average Bonchev–Trinajstić information content (AvgIpc) is 2.37. The van der Waals surface area contributed by atoms with Crippen LogP contribution in [0, 0.1) is 0 Å². The van der Waals surface area contributed by atoms with E-state index in [1.807, 2.05) is 13.8 Å². The highest BCUT2D eigenvalue weighted by atomic mass is 32.2. The molecule has 0 heterocycles. The molecule has 0 unspecified atom stereocenters. The van der Waals surface area contributed by atoms with Crippen LogP contribution in [0.2, 0.25) is 0 Å². The number of hydrogen-bond donors (Lipinski definition) is 0. The molecule has 0 aliphatic heterocycles. The molecule has 0 fully saturated rings. The van der Waals surface area contributed by atoms with Gasteiger partial charge >= 0.3 is 11.9 Å². The topological polar surface area (TPSA) is 71.1 Å². The normalized spacial score (nSPS) is 12.1. The largest absolute Gasteiger partial charge is 0.452 e. The lowest BCUT2D eigenvalue weighted by atomic mass is 10.1. The summed E-state index contributed by atoms with van der Waals surface area (Å²) in [5.41, 5.74) is -1.94. The Morgan fingerprint density at radius 3 is 1.43 bits per heavy atom. The van der Waals surface area contributed by atoms with Crippen LogP contribution in [-0.2, 0) is 28.5 Å². The Hall–Kier alpha value is -0.790. The first-order valence-corrected chi connectivity index (χ1v) is 8.03. The Morgan fingerprint density at radius 1 is 0.810 bits per heavy atom. The molecular formula is C14H26O6S. The van der Waals surface area contributed by atoms with Gasteiger partial charge in [0.15, 0.2) is 11.2 Å². The van der Waals surface area contributed by atoms with Gasteiger partial charge in [-0.1, -0.05) is 11.8 Å². The van der Waals surface area contributed by atoms with Gasteiger partial charge in [0.25, 0.3) is 0 Å². The van der Waals surface area contributed by atoms with Crippen LogP contribution in [0.15, 0.2) is 0 Å². The summed E-state index contributed by atoms with van der Waals surface area (Å²) in [5, 5.41) is 0. The lowest BCUT2D eigenvalue weighted by Crippen LogP contribution is -2.37. The van der Waals surface area contributed by atoms with Gasteiger partial charge in [0, 0.05) is 13.2 Å². The molecule has 6 nitrogen and oxygen atoms in total. The van der Waals surface area contributed by atoms with E-state index in [9.17, 15) is 9.59 Å².